The van der Waals surface area contributed by atoms with Gasteiger partial charge in [0.1, 0.15) is 24.2 Å². The molecule has 264 valence electrons. The molecule has 0 saturated heterocycles. The van der Waals surface area contributed by atoms with E-state index in [1.165, 1.54) is 0 Å². The summed E-state index contributed by atoms with van der Waals surface area (Å²) in [4.78, 5) is 40.5. The first kappa shape index (κ1) is 56.3. The molecule has 0 saturated carbocycles. The number of carboxylic acids is 4. The van der Waals surface area contributed by atoms with E-state index in [2.05, 4.69) is 0 Å². The lowest BCUT2D eigenvalue weighted by Gasteiger charge is -2.03. The van der Waals surface area contributed by atoms with Gasteiger partial charge in [-0.2, -0.15) is 0 Å². The third-order valence-corrected chi connectivity index (χ3v) is 5.15. The summed E-state index contributed by atoms with van der Waals surface area (Å²) in [5, 5.41) is 33.3. The number of hydrogen-bond donors (Lipinski definition) is 12. The molecule has 0 aromatic heterocycles. The highest BCUT2D eigenvalue weighted by Gasteiger charge is 2.11. The highest BCUT2D eigenvalue weighted by Crippen LogP contribution is 1.99. The van der Waals surface area contributed by atoms with E-state index in [1.54, 1.807) is 0 Å². The van der Waals surface area contributed by atoms with E-state index in [9.17, 15) is 19.2 Å². The standard InChI is InChI=1S/4C6H14N2O2.3H2O/c4*7-4-2-1-3-5(8)6(9)10;;;/h4*5H,1-4,7-8H2,(H,9,10);3*1H2/t4*5-;;;/m1111.../s1. The second-order valence-electron chi connectivity index (χ2n) is 8.92. The maximum atomic E-state index is 10.1. The molecule has 43 heavy (non-hydrogen) atoms. The lowest BCUT2D eigenvalue weighted by molar-refractivity contribution is -0.139. The van der Waals surface area contributed by atoms with Crippen molar-refractivity contribution in [3.63, 3.8) is 0 Å². The number of hydrogen-bond acceptors (Lipinski definition) is 12. The first-order chi connectivity index (χ1) is 18.7. The van der Waals surface area contributed by atoms with Crippen molar-refractivity contribution >= 4 is 23.9 Å². The maximum Gasteiger partial charge on any atom is 0.320 e. The molecule has 0 spiro atoms. The van der Waals surface area contributed by atoms with Gasteiger partial charge in [0.15, 0.2) is 0 Å². The van der Waals surface area contributed by atoms with Crippen LogP contribution in [0, 0.1) is 0 Å². The van der Waals surface area contributed by atoms with Crippen LogP contribution < -0.4 is 45.9 Å². The van der Waals surface area contributed by atoms with E-state index < -0.39 is 48.0 Å². The molecule has 4 atom stereocenters. The van der Waals surface area contributed by atoms with E-state index >= 15 is 0 Å². The lowest BCUT2D eigenvalue weighted by Crippen LogP contribution is -2.29. The summed E-state index contributed by atoms with van der Waals surface area (Å²) in [5.74, 6) is -3.73. The van der Waals surface area contributed by atoms with Crippen molar-refractivity contribution in [2.24, 2.45) is 45.9 Å². The zero-order valence-electron chi connectivity index (χ0n) is 25.2. The molecule has 0 rings (SSSR count). The minimum atomic E-state index is -0.933. The second-order valence-corrected chi connectivity index (χ2v) is 8.92. The van der Waals surface area contributed by atoms with E-state index in [1.807, 2.05) is 0 Å². The van der Waals surface area contributed by atoms with E-state index in [4.69, 9.17) is 66.3 Å². The lowest BCUT2D eigenvalue weighted by atomic mass is 10.1. The molecular weight excluding hydrogens is 576 g/mol. The summed E-state index contributed by atoms with van der Waals surface area (Å²) in [7, 11) is 0. The predicted molar refractivity (Wildman–Crippen MR) is 165 cm³/mol. The van der Waals surface area contributed by atoms with Crippen LogP contribution in [0.1, 0.15) is 77.0 Å². The number of carboxylic acid groups (broad SMARTS) is 4. The van der Waals surface area contributed by atoms with Gasteiger partial charge in [0.05, 0.1) is 0 Å². The normalized spacial score (nSPS) is 12.1. The smallest absolute Gasteiger partial charge is 0.320 e. The molecule has 0 fully saturated rings. The molecule has 0 heterocycles. The van der Waals surface area contributed by atoms with Gasteiger partial charge in [-0.3, -0.25) is 19.2 Å². The SMILES string of the molecule is NCCCC[C@@H](N)C(=O)O.NCCCC[C@@H](N)C(=O)O.NCCCC[C@@H](N)C(=O)O.NCCCC[C@@H](N)C(=O)O.O.O.O. The second kappa shape index (κ2) is 41.6. The fraction of sp³-hybridized carbons (Fsp3) is 0.833. The Balaban J connectivity index is -0.0000000785. The third-order valence-electron chi connectivity index (χ3n) is 5.15. The van der Waals surface area contributed by atoms with Gasteiger partial charge in [-0.1, -0.05) is 25.7 Å². The summed E-state index contributed by atoms with van der Waals surface area (Å²) >= 11 is 0. The van der Waals surface area contributed by atoms with Crippen molar-refractivity contribution in [2.45, 2.75) is 101 Å². The Morgan fingerprint density at radius 3 is 0.605 bits per heavy atom. The van der Waals surface area contributed by atoms with Crippen LogP contribution >= 0.6 is 0 Å². The van der Waals surface area contributed by atoms with Crippen molar-refractivity contribution < 1.29 is 56.0 Å². The van der Waals surface area contributed by atoms with E-state index in [-0.39, 0.29) is 16.4 Å². The summed E-state index contributed by atoms with van der Waals surface area (Å²) in [6, 6.07) is -2.86. The van der Waals surface area contributed by atoms with Crippen LogP contribution in [0.3, 0.4) is 0 Å². The quantitative estimate of drug-likeness (QED) is 0.0560. The molecule has 0 aromatic rings. The van der Waals surface area contributed by atoms with Gasteiger partial charge in [-0.25, -0.2) is 0 Å². The van der Waals surface area contributed by atoms with Gasteiger partial charge in [-0.05, 0) is 77.5 Å². The maximum absolute atomic E-state index is 10.1. The molecule has 0 aliphatic rings. The molecule has 26 N–H and O–H groups in total. The fourth-order valence-electron chi connectivity index (χ4n) is 2.53. The molecule has 0 aliphatic carbocycles. The van der Waals surface area contributed by atoms with Gasteiger partial charge in [0.2, 0.25) is 0 Å². The Hall–Kier alpha value is -2.56. The van der Waals surface area contributed by atoms with E-state index in [0.717, 1.165) is 51.4 Å². The fourth-order valence-corrected chi connectivity index (χ4v) is 2.53. The number of aliphatic carboxylic acids is 4. The Labute approximate surface area is 253 Å². The van der Waals surface area contributed by atoms with Gasteiger partial charge >= 0.3 is 23.9 Å². The largest absolute Gasteiger partial charge is 0.480 e. The minimum absolute atomic E-state index is 0. The molecule has 0 unspecified atom stereocenters. The van der Waals surface area contributed by atoms with Crippen molar-refractivity contribution in [3.8, 4) is 0 Å². The van der Waals surface area contributed by atoms with Gasteiger partial charge in [0.25, 0.3) is 0 Å². The first-order valence-electron chi connectivity index (χ1n) is 13.5. The van der Waals surface area contributed by atoms with Crippen LogP contribution in [0.4, 0.5) is 0 Å². The zero-order chi connectivity index (χ0) is 31.9. The Morgan fingerprint density at radius 2 is 0.512 bits per heavy atom. The van der Waals surface area contributed by atoms with Crippen LogP contribution in [0.25, 0.3) is 0 Å². The van der Waals surface area contributed by atoms with Gasteiger partial charge in [0, 0.05) is 0 Å². The predicted octanol–water partition coefficient (Wildman–Crippen LogP) is -4.36. The van der Waals surface area contributed by atoms with E-state index in [0.29, 0.717) is 51.9 Å². The highest BCUT2D eigenvalue weighted by molar-refractivity contribution is 5.73. The topological polar surface area (TPSA) is 452 Å². The Morgan fingerprint density at radius 1 is 0.372 bits per heavy atom. The highest BCUT2D eigenvalue weighted by atomic mass is 16.4. The van der Waals surface area contributed by atoms with Crippen LogP contribution in [-0.2, 0) is 19.2 Å². The average Bonchev–Trinajstić information content (AvgIpc) is 2.89. The van der Waals surface area contributed by atoms with Gasteiger partial charge in [-0.15, -0.1) is 0 Å². The molecule has 0 amide bonds. The van der Waals surface area contributed by atoms with Gasteiger partial charge < -0.3 is 82.7 Å². The van der Waals surface area contributed by atoms with Crippen molar-refractivity contribution in [2.75, 3.05) is 26.2 Å². The summed E-state index contributed by atoms with van der Waals surface area (Å²) in [5.41, 5.74) is 41.7. The Bertz CT molecular complexity index is 534. The van der Waals surface area contributed by atoms with Crippen molar-refractivity contribution in [3.05, 3.63) is 0 Å². The number of unbranched alkanes of at least 4 members (excludes halogenated alkanes) is 4. The summed E-state index contributed by atoms with van der Waals surface area (Å²) in [6.45, 7) is 2.41. The molecule has 0 bridgehead atoms. The monoisotopic (exact) mass is 638 g/mol. The summed E-state index contributed by atoms with van der Waals surface area (Å²) < 4.78 is 0. The molecular formula is C24H62N8O11. The first-order valence-corrected chi connectivity index (χ1v) is 13.5. The number of rotatable bonds is 20. The molecule has 0 radical (unpaired) electrons. The van der Waals surface area contributed by atoms with Crippen LogP contribution in [0.2, 0.25) is 0 Å². The van der Waals surface area contributed by atoms with Crippen molar-refractivity contribution in [1.29, 1.82) is 0 Å². The molecule has 19 heteroatoms. The van der Waals surface area contributed by atoms with Crippen LogP contribution in [0.5, 0.6) is 0 Å². The van der Waals surface area contributed by atoms with Crippen LogP contribution in [0.15, 0.2) is 0 Å². The minimum Gasteiger partial charge on any atom is -0.480 e. The number of carbonyl (C=O) groups is 4. The third kappa shape index (κ3) is 49.4. The molecule has 19 nitrogen and oxygen atoms in total. The molecule has 0 aliphatic heterocycles. The number of nitrogens with two attached hydrogens (primary N) is 8. The Kier molecular flexibility index (Phi) is 54.4. The van der Waals surface area contributed by atoms with Crippen LogP contribution in [-0.4, -0.2) is 111 Å². The summed E-state index contributed by atoms with van der Waals surface area (Å²) in [6.07, 6.45) is 8.66. The average molecular weight is 639 g/mol. The zero-order valence-corrected chi connectivity index (χ0v) is 25.2. The molecule has 0 aromatic carbocycles. The van der Waals surface area contributed by atoms with Crippen molar-refractivity contribution in [1.82, 2.24) is 0 Å².